The first-order valence-corrected chi connectivity index (χ1v) is 15.4. The van der Waals surface area contributed by atoms with Crippen molar-refractivity contribution in [2.75, 3.05) is 11.5 Å². The second-order valence-electron chi connectivity index (χ2n) is 8.07. The number of hydrogen-bond donors (Lipinski definition) is 2. The van der Waals surface area contributed by atoms with Gasteiger partial charge in [-0.15, -0.1) is 0 Å². The second-order valence-corrected chi connectivity index (χ2v) is 14.2. The van der Waals surface area contributed by atoms with E-state index in [1.165, 1.54) is 0 Å². The molecule has 0 radical (unpaired) electrons. The van der Waals surface area contributed by atoms with Gasteiger partial charge in [-0.1, -0.05) is 60.7 Å². The molecule has 0 aliphatic heterocycles. The summed E-state index contributed by atoms with van der Waals surface area (Å²) in [7, 11) is -5.99. The maximum absolute atomic E-state index is 7.04. The van der Waals surface area contributed by atoms with E-state index in [0.29, 0.717) is 22.9 Å². The third-order valence-electron chi connectivity index (χ3n) is 5.37. The van der Waals surface area contributed by atoms with Crippen LogP contribution >= 0.6 is 0 Å². The van der Waals surface area contributed by atoms with E-state index < -0.39 is 17.1 Å². The molecule has 0 bridgehead atoms. The molecule has 0 fully saturated rings. The van der Waals surface area contributed by atoms with Crippen LogP contribution in [0, 0.1) is 0 Å². The normalized spacial score (nSPS) is 14.6. The Balaban J connectivity index is 1.76. The topological polar surface area (TPSA) is 79.7 Å². The van der Waals surface area contributed by atoms with Gasteiger partial charge in [0.25, 0.3) is 0 Å². The zero-order chi connectivity index (χ0) is 23.3. The molecule has 0 amide bonds. The minimum atomic E-state index is -3.00. The van der Waals surface area contributed by atoms with Crippen LogP contribution in [0.5, 0.6) is 11.5 Å². The van der Waals surface area contributed by atoms with Gasteiger partial charge in [0.05, 0.1) is 0 Å². The van der Waals surface area contributed by atoms with Crippen LogP contribution in [0.2, 0.25) is 13.1 Å². The molecule has 0 aliphatic rings. The minimum absolute atomic E-state index is 0.682. The Morgan fingerprint density at radius 2 is 0.818 bits per heavy atom. The van der Waals surface area contributed by atoms with Gasteiger partial charge in [0.15, 0.2) is 0 Å². The van der Waals surface area contributed by atoms with Gasteiger partial charge in [0.2, 0.25) is 0 Å². The molecule has 33 heavy (non-hydrogen) atoms. The lowest BCUT2D eigenvalue weighted by molar-refractivity contribution is 0.346. The molecule has 0 saturated heterocycles. The van der Waals surface area contributed by atoms with Crippen LogP contribution in [0.25, 0.3) is 0 Å². The van der Waals surface area contributed by atoms with E-state index in [1.54, 1.807) is 0 Å². The molecule has 4 N–H and O–H groups in total. The first-order chi connectivity index (χ1) is 15.9. The predicted molar refractivity (Wildman–Crippen MR) is 139 cm³/mol. The van der Waals surface area contributed by atoms with Gasteiger partial charge in [-0.2, -0.15) is 0 Å². The Labute approximate surface area is 197 Å². The van der Waals surface area contributed by atoms with Crippen molar-refractivity contribution in [2.45, 2.75) is 13.1 Å². The van der Waals surface area contributed by atoms with Crippen LogP contribution in [0.15, 0.2) is 109 Å². The van der Waals surface area contributed by atoms with E-state index in [1.807, 2.05) is 109 Å². The van der Waals surface area contributed by atoms with E-state index in [9.17, 15) is 0 Å². The molecule has 4 rings (SSSR count). The van der Waals surface area contributed by atoms with E-state index >= 15 is 0 Å². The highest BCUT2D eigenvalue weighted by Crippen LogP contribution is 2.25. The Kier molecular flexibility index (Phi) is 6.55. The highest BCUT2D eigenvalue weighted by atomic mass is 28.5. The molecule has 0 heterocycles. The third kappa shape index (κ3) is 5.46. The zero-order valence-electron chi connectivity index (χ0n) is 18.8. The molecule has 0 aromatic heterocycles. The fourth-order valence-corrected chi connectivity index (χ4v) is 10.9. The SMILES string of the molecule is C[Si](Oc1ccc(N)cc1)(O[Si](C)(Oc1ccc(N)cc1)c1ccccc1)c1ccccc1. The Morgan fingerprint density at radius 1 is 0.485 bits per heavy atom. The quantitative estimate of drug-likeness (QED) is 0.295. The lowest BCUT2D eigenvalue weighted by Crippen LogP contribution is -2.66. The van der Waals surface area contributed by atoms with Gasteiger partial charge in [-0.3, -0.25) is 0 Å². The molecule has 0 saturated carbocycles. The number of nitrogen functional groups attached to an aromatic ring is 2. The number of benzene rings is 4. The minimum Gasteiger partial charge on any atom is -0.518 e. The van der Waals surface area contributed by atoms with E-state index in [0.717, 1.165) is 10.4 Å². The summed E-state index contributed by atoms with van der Waals surface area (Å²) in [6.45, 7) is 4.11. The summed E-state index contributed by atoms with van der Waals surface area (Å²) < 4.78 is 20.3. The summed E-state index contributed by atoms with van der Waals surface area (Å²) >= 11 is 0. The van der Waals surface area contributed by atoms with Gasteiger partial charge in [0, 0.05) is 21.7 Å². The Hall–Kier alpha value is -3.53. The maximum atomic E-state index is 7.04. The van der Waals surface area contributed by atoms with Crippen molar-refractivity contribution in [3.63, 3.8) is 0 Å². The molecular weight excluding hydrogens is 444 g/mol. The molecule has 0 aliphatic carbocycles. The Morgan fingerprint density at radius 3 is 1.15 bits per heavy atom. The van der Waals surface area contributed by atoms with Crippen molar-refractivity contribution in [1.82, 2.24) is 0 Å². The monoisotopic (exact) mass is 472 g/mol. The van der Waals surface area contributed by atoms with Gasteiger partial charge in [-0.25, -0.2) is 0 Å². The smallest absolute Gasteiger partial charge is 0.422 e. The van der Waals surface area contributed by atoms with Crippen molar-refractivity contribution in [3.8, 4) is 11.5 Å². The molecule has 4 aromatic rings. The largest absolute Gasteiger partial charge is 0.518 e. The molecule has 2 unspecified atom stereocenters. The van der Waals surface area contributed by atoms with Crippen LogP contribution in [0.3, 0.4) is 0 Å². The van der Waals surface area contributed by atoms with Crippen LogP contribution in [-0.2, 0) is 4.12 Å². The van der Waals surface area contributed by atoms with Crippen LogP contribution in [0.1, 0.15) is 0 Å². The molecule has 7 heteroatoms. The van der Waals surface area contributed by atoms with E-state index in [-0.39, 0.29) is 0 Å². The number of anilines is 2. The van der Waals surface area contributed by atoms with Crippen LogP contribution in [-0.4, -0.2) is 17.1 Å². The summed E-state index contributed by atoms with van der Waals surface area (Å²) in [5.41, 5.74) is 13.1. The number of nitrogens with two attached hydrogens (primary N) is 2. The van der Waals surface area contributed by atoms with Crippen LogP contribution in [0.4, 0.5) is 11.4 Å². The molecule has 4 aromatic carbocycles. The fraction of sp³-hybridized carbons (Fsp3) is 0.0769. The summed E-state index contributed by atoms with van der Waals surface area (Å²) in [6.07, 6.45) is 0. The van der Waals surface area contributed by atoms with Crippen molar-refractivity contribution >= 4 is 38.9 Å². The highest BCUT2D eigenvalue weighted by molar-refractivity contribution is 6.93. The van der Waals surface area contributed by atoms with Gasteiger partial charge < -0.3 is 24.4 Å². The molecule has 0 spiro atoms. The summed E-state index contributed by atoms with van der Waals surface area (Å²) in [5.74, 6) is 1.42. The molecular formula is C26H28N2O3Si2. The lowest BCUT2D eigenvalue weighted by Gasteiger charge is -2.37. The highest BCUT2D eigenvalue weighted by Gasteiger charge is 2.49. The van der Waals surface area contributed by atoms with Crippen molar-refractivity contribution in [1.29, 1.82) is 0 Å². The number of rotatable bonds is 8. The van der Waals surface area contributed by atoms with Gasteiger partial charge in [-0.05, 0) is 61.6 Å². The molecule has 5 nitrogen and oxygen atoms in total. The van der Waals surface area contributed by atoms with E-state index in [2.05, 4.69) is 13.1 Å². The maximum Gasteiger partial charge on any atom is 0.422 e. The predicted octanol–water partition coefficient (Wildman–Crippen LogP) is 4.28. The average molecular weight is 473 g/mol. The standard InChI is InChI=1S/C26H28N2O3Si2/c1-32(25-9-5-3-6-10-25,29-23-17-13-21(27)14-18-23)31-33(2,26-11-7-4-8-12-26)30-24-19-15-22(28)16-20-24/h3-20H,27-28H2,1-2H3. The van der Waals surface area contributed by atoms with Crippen LogP contribution < -0.4 is 30.7 Å². The second kappa shape index (κ2) is 9.54. The van der Waals surface area contributed by atoms with Gasteiger partial charge >= 0.3 is 17.1 Å². The summed E-state index contributed by atoms with van der Waals surface area (Å²) in [4.78, 5) is 0. The van der Waals surface area contributed by atoms with Crippen molar-refractivity contribution in [3.05, 3.63) is 109 Å². The first-order valence-electron chi connectivity index (χ1n) is 10.8. The Bertz CT molecular complexity index is 1080. The lowest BCUT2D eigenvalue weighted by atomic mass is 10.3. The summed E-state index contributed by atoms with van der Waals surface area (Å²) in [6, 6.07) is 34.9. The third-order valence-corrected chi connectivity index (χ3v) is 12.5. The van der Waals surface area contributed by atoms with E-state index in [4.69, 9.17) is 24.4 Å². The van der Waals surface area contributed by atoms with Gasteiger partial charge in [0.1, 0.15) is 11.5 Å². The number of hydrogen-bond acceptors (Lipinski definition) is 5. The first kappa shape index (κ1) is 22.7. The molecule has 168 valence electrons. The summed E-state index contributed by atoms with van der Waals surface area (Å²) in [5, 5.41) is 2.02. The fourth-order valence-electron chi connectivity index (χ4n) is 3.65. The van der Waals surface area contributed by atoms with Crippen molar-refractivity contribution < 1.29 is 13.0 Å². The van der Waals surface area contributed by atoms with Crippen molar-refractivity contribution in [2.24, 2.45) is 0 Å². The average Bonchev–Trinajstić information content (AvgIpc) is 2.83. The molecule has 2 atom stereocenters. The zero-order valence-corrected chi connectivity index (χ0v) is 20.8.